The summed E-state index contributed by atoms with van der Waals surface area (Å²) in [6.45, 7) is 2.23. The van der Waals surface area contributed by atoms with E-state index in [0.29, 0.717) is 0 Å². The van der Waals surface area contributed by atoms with Crippen molar-refractivity contribution in [1.29, 1.82) is 0 Å². The van der Waals surface area contributed by atoms with Crippen LogP contribution in [0.25, 0.3) is 0 Å². The highest BCUT2D eigenvalue weighted by Crippen LogP contribution is 2.10. The monoisotopic (exact) mass is 263 g/mol. The summed E-state index contributed by atoms with van der Waals surface area (Å²) in [5.74, 6) is -0.477. The van der Waals surface area contributed by atoms with Gasteiger partial charge in [-0.25, -0.2) is 0 Å². The Morgan fingerprint density at radius 1 is 0.895 bits per heavy atom. The summed E-state index contributed by atoms with van der Waals surface area (Å²) in [5, 5.41) is 0. The van der Waals surface area contributed by atoms with Crippen LogP contribution in [-0.4, -0.2) is 16.7 Å². The average Bonchev–Trinajstić information content (AvgIpc) is 2.72. The Kier molecular flexibility index (Phi) is 7.87. The lowest BCUT2D eigenvalue weighted by Crippen LogP contribution is -2.23. The van der Waals surface area contributed by atoms with Gasteiger partial charge in [0.25, 0.3) is 11.8 Å². The third-order valence-corrected chi connectivity index (χ3v) is 3.32. The first kappa shape index (κ1) is 15.7. The lowest BCUT2D eigenvalue weighted by Gasteiger charge is -2.06. The van der Waals surface area contributed by atoms with Crippen molar-refractivity contribution in [3.63, 3.8) is 0 Å². The minimum atomic E-state index is -0.239. The molecular formula is C16H25NO2. The number of amides is 2. The van der Waals surface area contributed by atoms with Crippen LogP contribution < -0.4 is 0 Å². The number of imide groups is 1. The van der Waals surface area contributed by atoms with Crippen molar-refractivity contribution in [2.75, 3.05) is 0 Å². The van der Waals surface area contributed by atoms with Crippen molar-refractivity contribution < 1.29 is 9.59 Å². The number of hydrogen-bond donors (Lipinski definition) is 0. The number of rotatable bonds is 10. The summed E-state index contributed by atoms with van der Waals surface area (Å²) in [5.41, 5.74) is 0. The molecule has 0 unspecified atom stereocenters. The molecule has 106 valence electrons. The third kappa shape index (κ3) is 6.37. The van der Waals surface area contributed by atoms with E-state index in [0.717, 1.165) is 17.7 Å². The van der Waals surface area contributed by atoms with Gasteiger partial charge in [0.05, 0.1) is 0 Å². The summed E-state index contributed by atoms with van der Waals surface area (Å²) < 4.78 is 0. The minimum Gasteiger partial charge on any atom is -0.269 e. The van der Waals surface area contributed by atoms with E-state index < -0.39 is 0 Å². The molecule has 1 heterocycles. The van der Waals surface area contributed by atoms with E-state index in [-0.39, 0.29) is 11.8 Å². The van der Waals surface area contributed by atoms with Gasteiger partial charge in [0.15, 0.2) is 0 Å². The van der Waals surface area contributed by atoms with Crippen LogP contribution in [0.2, 0.25) is 0 Å². The minimum absolute atomic E-state index is 0.239. The number of unbranched alkanes of at least 4 members (excludes halogenated alkanes) is 8. The molecule has 0 aromatic carbocycles. The van der Waals surface area contributed by atoms with Crippen LogP contribution in [0.5, 0.6) is 0 Å². The SMILES string of the molecule is CCCCCCCCCCC=CN1C(=O)C=CC1=O. The van der Waals surface area contributed by atoms with Gasteiger partial charge in [0.2, 0.25) is 0 Å². The summed E-state index contributed by atoms with van der Waals surface area (Å²) in [6, 6.07) is 0. The summed E-state index contributed by atoms with van der Waals surface area (Å²) in [6.07, 6.45) is 17.4. The van der Waals surface area contributed by atoms with Crippen LogP contribution in [0.3, 0.4) is 0 Å². The number of hydrogen-bond acceptors (Lipinski definition) is 2. The van der Waals surface area contributed by atoms with Gasteiger partial charge in [-0.1, -0.05) is 57.9 Å². The molecule has 0 aromatic rings. The van der Waals surface area contributed by atoms with E-state index in [1.54, 1.807) is 6.20 Å². The molecular weight excluding hydrogens is 238 g/mol. The second kappa shape index (κ2) is 9.54. The second-order valence-electron chi connectivity index (χ2n) is 5.03. The van der Waals surface area contributed by atoms with Crippen LogP contribution in [0, 0.1) is 0 Å². The zero-order chi connectivity index (χ0) is 13.9. The van der Waals surface area contributed by atoms with E-state index in [1.165, 1.54) is 57.1 Å². The molecule has 0 radical (unpaired) electrons. The molecule has 0 fully saturated rings. The molecule has 0 spiro atoms. The fourth-order valence-corrected chi connectivity index (χ4v) is 2.13. The molecule has 0 atom stereocenters. The standard InChI is InChI=1S/C16H25NO2/c1-2-3-4-5-6-7-8-9-10-11-14-17-15(18)12-13-16(17)19/h11-14H,2-10H2,1H3. The lowest BCUT2D eigenvalue weighted by atomic mass is 10.1. The molecule has 1 rings (SSSR count). The Morgan fingerprint density at radius 3 is 2.00 bits per heavy atom. The number of carbonyl (C=O) groups excluding carboxylic acids is 2. The summed E-state index contributed by atoms with van der Waals surface area (Å²) in [4.78, 5) is 23.6. The van der Waals surface area contributed by atoms with Crippen LogP contribution in [-0.2, 0) is 9.59 Å². The molecule has 3 nitrogen and oxygen atoms in total. The van der Waals surface area contributed by atoms with Gasteiger partial charge >= 0.3 is 0 Å². The average molecular weight is 263 g/mol. The predicted molar refractivity (Wildman–Crippen MR) is 77.4 cm³/mol. The highest BCUT2D eigenvalue weighted by molar-refractivity contribution is 6.13. The molecule has 2 amide bonds. The first-order valence-corrected chi connectivity index (χ1v) is 7.47. The Morgan fingerprint density at radius 2 is 1.42 bits per heavy atom. The van der Waals surface area contributed by atoms with Gasteiger partial charge in [-0.2, -0.15) is 0 Å². The topological polar surface area (TPSA) is 37.4 Å². The van der Waals surface area contributed by atoms with Crippen molar-refractivity contribution in [2.45, 2.75) is 64.7 Å². The van der Waals surface area contributed by atoms with Crippen LogP contribution in [0.15, 0.2) is 24.4 Å². The fourth-order valence-electron chi connectivity index (χ4n) is 2.13. The van der Waals surface area contributed by atoms with Gasteiger partial charge < -0.3 is 0 Å². The molecule has 0 saturated carbocycles. The van der Waals surface area contributed by atoms with Gasteiger partial charge in [0.1, 0.15) is 0 Å². The zero-order valence-electron chi connectivity index (χ0n) is 11.9. The molecule has 3 heteroatoms. The molecule has 1 aliphatic heterocycles. The first-order chi connectivity index (χ1) is 9.25. The fraction of sp³-hybridized carbons (Fsp3) is 0.625. The Balaban J connectivity index is 1.96. The van der Waals surface area contributed by atoms with Gasteiger partial charge in [0, 0.05) is 18.4 Å². The maximum Gasteiger partial charge on any atom is 0.257 e. The first-order valence-electron chi connectivity index (χ1n) is 7.47. The molecule has 19 heavy (non-hydrogen) atoms. The molecule has 1 aliphatic rings. The van der Waals surface area contributed by atoms with Crippen LogP contribution in [0.4, 0.5) is 0 Å². The van der Waals surface area contributed by atoms with Gasteiger partial charge in [-0.3, -0.25) is 14.5 Å². The van der Waals surface area contributed by atoms with E-state index in [4.69, 9.17) is 0 Å². The zero-order valence-corrected chi connectivity index (χ0v) is 11.9. The van der Waals surface area contributed by atoms with Crippen molar-refractivity contribution in [3.05, 3.63) is 24.4 Å². The highest BCUT2D eigenvalue weighted by Gasteiger charge is 2.19. The summed E-state index contributed by atoms with van der Waals surface area (Å²) >= 11 is 0. The quantitative estimate of drug-likeness (QED) is 0.442. The summed E-state index contributed by atoms with van der Waals surface area (Å²) in [7, 11) is 0. The largest absolute Gasteiger partial charge is 0.269 e. The highest BCUT2D eigenvalue weighted by atomic mass is 16.2. The second-order valence-corrected chi connectivity index (χ2v) is 5.03. The van der Waals surface area contributed by atoms with Crippen molar-refractivity contribution in [1.82, 2.24) is 4.90 Å². The molecule has 0 aromatic heterocycles. The molecule has 0 aliphatic carbocycles. The Hall–Kier alpha value is -1.38. The van der Waals surface area contributed by atoms with Gasteiger partial charge in [-0.05, 0) is 12.8 Å². The number of allylic oxidation sites excluding steroid dienone is 1. The van der Waals surface area contributed by atoms with Crippen LogP contribution >= 0.6 is 0 Å². The number of nitrogens with zero attached hydrogens (tertiary/aromatic N) is 1. The number of carbonyl (C=O) groups is 2. The van der Waals surface area contributed by atoms with Crippen molar-refractivity contribution >= 4 is 11.8 Å². The van der Waals surface area contributed by atoms with E-state index in [1.807, 2.05) is 6.08 Å². The Labute approximate surface area is 116 Å². The maximum absolute atomic E-state index is 11.2. The predicted octanol–water partition coefficient (Wildman–Crippen LogP) is 3.96. The third-order valence-electron chi connectivity index (χ3n) is 3.32. The maximum atomic E-state index is 11.2. The molecule has 0 N–H and O–H groups in total. The van der Waals surface area contributed by atoms with Crippen LogP contribution in [0.1, 0.15) is 64.7 Å². The van der Waals surface area contributed by atoms with Crippen molar-refractivity contribution in [2.24, 2.45) is 0 Å². The van der Waals surface area contributed by atoms with E-state index in [9.17, 15) is 9.59 Å². The van der Waals surface area contributed by atoms with Crippen molar-refractivity contribution in [3.8, 4) is 0 Å². The normalized spacial score (nSPS) is 15.1. The smallest absolute Gasteiger partial charge is 0.257 e. The molecule has 0 bridgehead atoms. The van der Waals surface area contributed by atoms with Gasteiger partial charge in [-0.15, -0.1) is 0 Å². The Bertz CT molecular complexity index is 327. The molecule has 0 saturated heterocycles. The van der Waals surface area contributed by atoms with E-state index in [2.05, 4.69) is 6.92 Å². The lowest BCUT2D eigenvalue weighted by molar-refractivity contribution is -0.133. The van der Waals surface area contributed by atoms with E-state index >= 15 is 0 Å².